The SMILES string of the molecule is c1csc(SCC2CCOC2)c1. The molecule has 1 aromatic heterocycles. The normalized spacial score (nSPS) is 23.2. The van der Waals surface area contributed by atoms with Crippen molar-refractivity contribution < 1.29 is 4.74 Å². The van der Waals surface area contributed by atoms with Crippen molar-refractivity contribution in [1.82, 2.24) is 0 Å². The van der Waals surface area contributed by atoms with Crippen LogP contribution in [0.5, 0.6) is 0 Å². The molecule has 1 saturated heterocycles. The summed E-state index contributed by atoms with van der Waals surface area (Å²) in [6.07, 6.45) is 1.25. The van der Waals surface area contributed by atoms with Gasteiger partial charge in [-0.2, -0.15) is 0 Å². The zero-order chi connectivity index (χ0) is 8.23. The molecule has 0 N–H and O–H groups in total. The van der Waals surface area contributed by atoms with Gasteiger partial charge < -0.3 is 4.74 Å². The Bertz CT molecular complexity index is 214. The first-order valence-corrected chi connectivity index (χ1v) is 6.06. The summed E-state index contributed by atoms with van der Waals surface area (Å²) in [5.74, 6) is 2.01. The van der Waals surface area contributed by atoms with Crippen molar-refractivity contribution in [3.63, 3.8) is 0 Å². The van der Waals surface area contributed by atoms with Crippen LogP contribution >= 0.6 is 23.1 Å². The van der Waals surface area contributed by atoms with Crippen molar-refractivity contribution in [3.8, 4) is 0 Å². The summed E-state index contributed by atoms with van der Waals surface area (Å²) in [6.45, 7) is 1.94. The summed E-state index contributed by atoms with van der Waals surface area (Å²) in [4.78, 5) is 0. The smallest absolute Gasteiger partial charge is 0.0598 e. The van der Waals surface area contributed by atoms with Gasteiger partial charge in [0.05, 0.1) is 10.8 Å². The molecule has 0 radical (unpaired) electrons. The molecule has 0 aliphatic carbocycles. The minimum absolute atomic E-state index is 0.789. The molecule has 12 heavy (non-hydrogen) atoms. The minimum Gasteiger partial charge on any atom is -0.381 e. The predicted molar refractivity (Wildman–Crippen MR) is 54.0 cm³/mol. The minimum atomic E-state index is 0.789. The first-order chi connectivity index (χ1) is 5.95. The van der Waals surface area contributed by atoms with Gasteiger partial charge in [-0.1, -0.05) is 6.07 Å². The van der Waals surface area contributed by atoms with E-state index in [9.17, 15) is 0 Å². The van der Waals surface area contributed by atoms with Gasteiger partial charge in [0.25, 0.3) is 0 Å². The topological polar surface area (TPSA) is 9.23 Å². The maximum absolute atomic E-state index is 5.32. The molecule has 1 aromatic rings. The highest BCUT2D eigenvalue weighted by Gasteiger charge is 2.15. The van der Waals surface area contributed by atoms with Gasteiger partial charge in [0.1, 0.15) is 0 Å². The van der Waals surface area contributed by atoms with Crippen molar-refractivity contribution in [2.45, 2.75) is 10.6 Å². The average Bonchev–Trinajstić information content (AvgIpc) is 2.74. The number of hydrogen-bond donors (Lipinski definition) is 0. The molecule has 0 aromatic carbocycles. The third-order valence-corrected chi connectivity index (χ3v) is 4.34. The van der Waals surface area contributed by atoms with E-state index in [-0.39, 0.29) is 0 Å². The summed E-state index contributed by atoms with van der Waals surface area (Å²) in [5, 5.41) is 2.13. The van der Waals surface area contributed by atoms with Crippen molar-refractivity contribution >= 4 is 23.1 Å². The average molecular weight is 200 g/mol. The molecule has 66 valence electrons. The first kappa shape index (κ1) is 8.60. The van der Waals surface area contributed by atoms with E-state index < -0.39 is 0 Å². The van der Waals surface area contributed by atoms with Crippen molar-refractivity contribution in [3.05, 3.63) is 17.5 Å². The summed E-state index contributed by atoms with van der Waals surface area (Å²) in [5.41, 5.74) is 0. The lowest BCUT2D eigenvalue weighted by atomic mass is 10.2. The van der Waals surface area contributed by atoms with Gasteiger partial charge in [-0.25, -0.2) is 0 Å². The monoisotopic (exact) mass is 200 g/mol. The highest BCUT2D eigenvalue weighted by Crippen LogP contribution is 2.27. The van der Waals surface area contributed by atoms with Crippen LogP contribution in [0.3, 0.4) is 0 Å². The predicted octanol–water partition coefficient (Wildman–Crippen LogP) is 2.88. The molecule has 1 fully saturated rings. The molecule has 1 unspecified atom stereocenters. The summed E-state index contributed by atoms with van der Waals surface area (Å²) < 4.78 is 6.75. The van der Waals surface area contributed by atoms with Crippen LogP contribution in [-0.4, -0.2) is 19.0 Å². The van der Waals surface area contributed by atoms with E-state index >= 15 is 0 Å². The Morgan fingerprint density at radius 3 is 3.33 bits per heavy atom. The van der Waals surface area contributed by atoms with Gasteiger partial charge in [0.15, 0.2) is 0 Å². The highest BCUT2D eigenvalue weighted by atomic mass is 32.2. The van der Waals surface area contributed by atoms with Gasteiger partial charge >= 0.3 is 0 Å². The van der Waals surface area contributed by atoms with E-state index in [2.05, 4.69) is 17.5 Å². The van der Waals surface area contributed by atoms with E-state index in [0.29, 0.717) is 0 Å². The molecule has 1 aliphatic heterocycles. The third-order valence-electron chi connectivity index (χ3n) is 1.98. The second-order valence-electron chi connectivity index (χ2n) is 2.97. The number of ether oxygens (including phenoxy) is 1. The fourth-order valence-electron chi connectivity index (χ4n) is 1.26. The Hall–Kier alpha value is 0.01000. The Labute approximate surface area is 81.1 Å². The van der Waals surface area contributed by atoms with Crippen LogP contribution in [0, 0.1) is 5.92 Å². The second-order valence-corrected chi connectivity index (χ2v) is 5.24. The van der Waals surface area contributed by atoms with E-state index in [0.717, 1.165) is 19.1 Å². The Morgan fingerprint density at radius 2 is 2.67 bits per heavy atom. The molecule has 0 spiro atoms. The Kier molecular flexibility index (Phi) is 3.08. The summed E-state index contributed by atoms with van der Waals surface area (Å²) in [6, 6.07) is 4.29. The molecule has 1 aliphatic rings. The van der Waals surface area contributed by atoms with Crippen molar-refractivity contribution in [2.24, 2.45) is 5.92 Å². The lowest BCUT2D eigenvalue weighted by Crippen LogP contribution is -2.01. The number of hydrogen-bond acceptors (Lipinski definition) is 3. The molecule has 0 bridgehead atoms. The molecule has 2 heterocycles. The standard InChI is InChI=1S/C9H12OS2/c1-2-9(11-5-1)12-7-8-3-4-10-6-8/h1-2,5,8H,3-4,6-7H2. The zero-order valence-electron chi connectivity index (χ0n) is 6.86. The molecule has 0 amide bonds. The molecular formula is C9H12OS2. The van der Waals surface area contributed by atoms with Crippen LogP contribution in [0.4, 0.5) is 0 Å². The third kappa shape index (κ3) is 2.25. The maximum atomic E-state index is 5.32. The molecule has 3 heteroatoms. The molecule has 0 saturated carbocycles. The van der Waals surface area contributed by atoms with Crippen molar-refractivity contribution in [2.75, 3.05) is 19.0 Å². The van der Waals surface area contributed by atoms with Gasteiger partial charge in [-0.3, -0.25) is 0 Å². The molecular weight excluding hydrogens is 188 g/mol. The largest absolute Gasteiger partial charge is 0.381 e. The van der Waals surface area contributed by atoms with Crippen LogP contribution in [-0.2, 0) is 4.74 Å². The zero-order valence-corrected chi connectivity index (χ0v) is 8.50. The number of thioether (sulfide) groups is 1. The van der Waals surface area contributed by atoms with E-state index in [4.69, 9.17) is 4.74 Å². The maximum Gasteiger partial charge on any atom is 0.0598 e. The van der Waals surface area contributed by atoms with Crippen molar-refractivity contribution in [1.29, 1.82) is 0 Å². The molecule has 2 rings (SSSR count). The quantitative estimate of drug-likeness (QED) is 0.694. The summed E-state index contributed by atoms with van der Waals surface area (Å²) in [7, 11) is 0. The fourth-order valence-corrected chi connectivity index (χ4v) is 3.19. The Morgan fingerprint density at radius 1 is 1.67 bits per heavy atom. The van der Waals surface area contributed by atoms with E-state index in [1.807, 2.05) is 23.1 Å². The molecule has 1 atom stereocenters. The molecule has 1 nitrogen and oxygen atoms in total. The highest BCUT2D eigenvalue weighted by molar-refractivity contribution is 8.01. The van der Waals surface area contributed by atoms with Gasteiger partial charge in [-0.15, -0.1) is 23.1 Å². The fraction of sp³-hybridized carbons (Fsp3) is 0.556. The van der Waals surface area contributed by atoms with Crippen LogP contribution in [0.1, 0.15) is 6.42 Å². The second kappa shape index (κ2) is 4.30. The lowest BCUT2D eigenvalue weighted by Gasteiger charge is -2.04. The van der Waals surface area contributed by atoms with Gasteiger partial charge in [0.2, 0.25) is 0 Å². The van der Waals surface area contributed by atoms with Crippen LogP contribution in [0.15, 0.2) is 21.7 Å². The van der Waals surface area contributed by atoms with Crippen LogP contribution in [0.2, 0.25) is 0 Å². The lowest BCUT2D eigenvalue weighted by molar-refractivity contribution is 0.189. The van der Waals surface area contributed by atoms with E-state index in [1.54, 1.807) is 0 Å². The summed E-state index contributed by atoms with van der Waals surface area (Å²) >= 11 is 3.79. The Balaban J connectivity index is 1.74. The van der Waals surface area contributed by atoms with E-state index in [1.165, 1.54) is 16.4 Å². The number of rotatable bonds is 3. The van der Waals surface area contributed by atoms with Gasteiger partial charge in [0, 0.05) is 12.4 Å². The number of thiophene rings is 1. The van der Waals surface area contributed by atoms with Crippen LogP contribution in [0.25, 0.3) is 0 Å². The van der Waals surface area contributed by atoms with Crippen LogP contribution < -0.4 is 0 Å². The van der Waals surface area contributed by atoms with Gasteiger partial charge in [-0.05, 0) is 23.8 Å². The first-order valence-electron chi connectivity index (χ1n) is 4.19.